The molecule has 0 bridgehead atoms. The fourth-order valence-electron chi connectivity index (χ4n) is 3.68. The standard InChI is InChI=1S/C25H20N4O4S/c1-31-16-11-12-20(21(14-16)32-2)23-26-24(33-28-23)22-18-9-4-5-10-19(18)25(30)29(27-22)15-7-6-8-17(13-15)34-3/h4-14H,1-3H3. The van der Waals surface area contributed by atoms with Crippen molar-refractivity contribution in [1.29, 1.82) is 0 Å². The number of aromatic nitrogens is 4. The molecule has 5 rings (SSSR count). The summed E-state index contributed by atoms with van der Waals surface area (Å²) in [6, 6.07) is 20.2. The molecule has 0 aliphatic heterocycles. The van der Waals surface area contributed by atoms with Crippen LogP contribution in [-0.2, 0) is 0 Å². The lowest BCUT2D eigenvalue weighted by Crippen LogP contribution is -2.22. The molecule has 0 fully saturated rings. The van der Waals surface area contributed by atoms with Gasteiger partial charge in [-0.2, -0.15) is 14.8 Å². The second-order valence-corrected chi connectivity index (χ2v) is 8.18. The van der Waals surface area contributed by atoms with Crippen molar-refractivity contribution in [1.82, 2.24) is 19.9 Å². The Morgan fingerprint density at radius 2 is 1.76 bits per heavy atom. The van der Waals surface area contributed by atoms with Gasteiger partial charge in [0.2, 0.25) is 5.82 Å². The third kappa shape index (κ3) is 3.80. The van der Waals surface area contributed by atoms with Crippen molar-refractivity contribution in [3.63, 3.8) is 0 Å². The average molecular weight is 473 g/mol. The van der Waals surface area contributed by atoms with Crippen molar-refractivity contribution in [2.24, 2.45) is 0 Å². The van der Waals surface area contributed by atoms with Gasteiger partial charge in [-0.1, -0.05) is 29.4 Å². The van der Waals surface area contributed by atoms with E-state index in [9.17, 15) is 4.79 Å². The summed E-state index contributed by atoms with van der Waals surface area (Å²) in [6.07, 6.45) is 1.98. The third-order valence-corrected chi connectivity index (χ3v) is 6.11. The van der Waals surface area contributed by atoms with Gasteiger partial charge in [0, 0.05) is 16.3 Å². The number of ether oxygens (including phenoxy) is 2. The molecule has 0 N–H and O–H groups in total. The van der Waals surface area contributed by atoms with Crippen LogP contribution < -0.4 is 15.0 Å². The van der Waals surface area contributed by atoms with Gasteiger partial charge in [-0.25, -0.2) is 0 Å². The van der Waals surface area contributed by atoms with Crippen molar-refractivity contribution in [3.8, 4) is 40.2 Å². The molecule has 5 aromatic rings. The summed E-state index contributed by atoms with van der Waals surface area (Å²) in [5, 5.41) is 9.92. The molecule has 0 saturated carbocycles. The summed E-state index contributed by atoms with van der Waals surface area (Å²) >= 11 is 1.59. The normalized spacial score (nSPS) is 11.0. The van der Waals surface area contributed by atoms with E-state index in [2.05, 4.69) is 15.2 Å². The highest BCUT2D eigenvalue weighted by Gasteiger charge is 2.20. The quantitative estimate of drug-likeness (QED) is 0.324. The second-order valence-electron chi connectivity index (χ2n) is 7.30. The number of hydrogen-bond acceptors (Lipinski definition) is 8. The maximum Gasteiger partial charge on any atom is 0.279 e. The molecule has 0 aliphatic rings. The van der Waals surface area contributed by atoms with Crippen molar-refractivity contribution in [3.05, 3.63) is 77.1 Å². The predicted molar refractivity (Wildman–Crippen MR) is 131 cm³/mol. The summed E-state index contributed by atoms with van der Waals surface area (Å²) in [5.41, 5.74) is 1.48. The molecule has 0 aliphatic carbocycles. The Hall–Kier alpha value is -4.11. The van der Waals surface area contributed by atoms with E-state index in [0.29, 0.717) is 45.0 Å². The molecular weight excluding hydrogens is 452 g/mol. The minimum Gasteiger partial charge on any atom is -0.497 e. The Bertz CT molecular complexity index is 1560. The van der Waals surface area contributed by atoms with Gasteiger partial charge in [-0.15, -0.1) is 11.8 Å². The van der Waals surface area contributed by atoms with E-state index >= 15 is 0 Å². The highest BCUT2D eigenvalue weighted by Crippen LogP contribution is 2.33. The molecule has 0 amide bonds. The first-order chi connectivity index (χ1) is 16.6. The first-order valence-electron chi connectivity index (χ1n) is 10.4. The molecular formula is C25H20N4O4S. The number of hydrogen-bond donors (Lipinski definition) is 0. The monoisotopic (exact) mass is 472 g/mol. The van der Waals surface area contributed by atoms with E-state index in [0.717, 1.165) is 4.90 Å². The Labute approximate surface area is 199 Å². The molecule has 170 valence electrons. The summed E-state index contributed by atoms with van der Waals surface area (Å²) in [7, 11) is 3.15. The number of benzene rings is 3. The SMILES string of the molecule is COc1ccc(-c2noc(-c3nn(-c4cccc(SC)c4)c(=O)c4ccccc34)n2)c(OC)c1. The summed E-state index contributed by atoms with van der Waals surface area (Å²) in [6.45, 7) is 0. The molecule has 2 aromatic heterocycles. The van der Waals surface area contributed by atoms with Crippen molar-refractivity contribution in [2.45, 2.75) is 4.90 Å². The van der Waals surface area contributed by atoms with Crippen LogP contribution in [-0.4, -0.2) is 40.4 Å². The first kappa shape index (κ1) is 21.7. The Kier molecular flexibility index (Phi) is 5.77. The fourth-order valence-corrected chi connectivity index (χ4v) is 4.13. The number of methoxy groups -OCH3 is 2. The second kappa shape index (κ2) is 9.03. The van der Waals surface area contributed by atoms with Crippen LogP contribution in [0.4, 0.5) is 0 Å². The molecule has 9 heteroatoms. The van der Waals surface area contributed by atoms with Gasteiger partial charge in [-0.05, 0) is 42.7 Å². The molecule has 8 nitrogen and oxygen atoms in total. The molecule has 0 spiro atoms. The lowest BCUT2D eigenvalue weighted by atomic mass is 10.1. The van der Waals surface area contributed by atoms with E-state index in [1.807, 2.05) is 48.7 Å². The number of nitrogens with zero attached hydrogens (tertiary/aromatic N) is 4. The van der Waals surface area contributed by atoms with E-state index in [4.69, 9.17) is 14.0 Å². The van der Waals surface area contributed by atoms with Crippen LogP contribution in [0.3, 0.4) is 0 Å². The van der Waals surface area contributed by atoms with Gasteiger partial charge in [0.1, 0.15) is 11.5 Å². The first-order valence-corrected chi connectivity index (χ1v) is 11.6. The molecule has 2 heterocycles. The summed E-state index contributed by atoms with van der Waals surface area (Å²) < 4.78 is 17.7. The van der Waals surface area contributed by atoms with Gasteiger partial charge in [0.25, 0.3) is 11.4 Å². The van der Waals surface area contributed by atoms with Crippen LogP contribution in [0.5, 0.6) is 11.5 Å². The highest BCUT2D eigenvalue weighted by atomic mass is 32.2. The molecule has 3 aromatic carbocycles. The number of fused-ring (bicyclic) bond motifs is 1. The summed E-state index contributed by atoms with van der Waals surface area (Å²) in [4.78, 5) is 18.9. The van der Waals surface area contributed by atoms with Gasteiger partial charge in [0.05, 0.1) is 30.9 Å². The predicted octanol–water partition coefficient (Wildman–Crippen LogP) is 4.84. The number of thioether (sulfide) groups is 1. The van der Waals surface area contributed by atoms with Gasteiger partial charge < -0.3 is 14.0 Å². The Morgan fingerprint density at radius 3 is 2.53 bits per heavy atom. The maximum absolute atomic E-state index is 13.3. The van der Waals surface area contributed by atoms with Gasteiger partial charge >= 0.3 is 0 Å². The van der Waals surface area contributed by atoms with E-state index in [1.165, 1.54) is 4.68 Å². The fraction of sp³-hybridized carbons (Fsp3) is 0.120. The minimum atomic E-state index is -0.228. The van der Waals surface area contributed by atoms with Crippen LogP contribution in [0.1, 0.15) is 0 Å². The average Bonchev–Trinajstić information content (AvgIpc) is 3.38. The van der Waals surface area contributed by atoms with Crippen molar-refractivity contribution >= 4 is 22.5 Å². The molecule has 0 unspecified atom stereocenters. The Morgan fingerprint density at radius 1 is 0.941 bits per heavy atom. The zero-order valence-corrected chi connectivity index (χ0v) is 19.5. The van der Waals surface area contributed by atoms with Crippen LogP contribution in [0, 0.1) is 0 Å². The molecule has 0 saturated heterocycles. The largest absolute Gasteiger partial charge is 0.497 e. The lowest BCUT2D eigenvalue weighted by molar-refractivity contribution is 0.394. The highest BCUT2D eigenvalue weighted by molar-refractivity contribution is 7.98. The molecule has 0 radical (unpaired) electrons. The Balaban J connectivity index is 1.69. The van der Waals surface area contributed by atoms with Crippen molar-refractivity contribution < 1.29 is 14.0 Å². The smallest absolute Gasteiger partial charge is 0.279 e. The van der Waals surface area contributed by atoms with Crippen LogP contribution in [0.25, 0.3) is 39.4 Å². The van der Waals surface area contributed by atoms with Gasteiger partial charge in [0.15, 0.2) is 5.69 Å². The number of rotatable bonds is 6. The lowest BCUT2D eigenvalue weighted by Gasteiger charge is -2.10. The van der Waals surface area contributed by atoms with Gasteiger partial charge in [-0.3, -0.25) is 4.79 Å². The zero-order chi connectivity index (χ0) is 23.7. The molecule has 34 heavy (non-hydrogen) atoms. The zero-order valence-electron chi connectivity index (χ0n) is 18.7. The minimum absolute atomic E-state index is 0.193. The summed E-state index contributed by atoms with van der Waals surface area (Å²) in [5.74, 6) is 1.72. The van der Waals surface area contributed by atoms with E-state index in [1.54, 1.807) is 50.2 Å². The molecule has 0 atom stereocenters. The van der Waals surface area contributed by atoms with Crippen LogP contribution >= 0.6 is 11.8 Å². The van der Waals surface area contributed by atoms with Crippen molar-refractivity contribution in [2.75, 3.05) is 20.5 Å². The van der Waals surface area contributed by atoms with Crippen LogP contribution in [0.15, 0.2) is 80.9 Å². The van der Waals surface area contributed by atoms with E-state index in [-0.39, 0.29) is 11.4 Å². The third-order valence-electron chi connectivity index (χ3n) is 5.38. The maximum atomic E-state index is 13.3. The van der Waals surface area contributed by atoms with E-state index < -0.39 is 0 Å². The topological polar surface area (TPSA) is 92.3 Å². The van der Waals surface area contributed by atoms with Crippen LogP contribution in [0.2, 0.25) is 0 Å².